The molecule has 1 amide bonds. The number of amides is 1. The van der Waals surface area contributed by atoms with E-state index in [4.69, 9.17) is 14.2 Å². The average Bonchev–Trinajstić information content (AvgIpc) is 3.44. The second-order valence-electron chi connectivity index (χ2n) is 6.50. The van der Waals surface area contributed by atoms with Gasteiger partial charge in [0.15, 0.2) is 16.6 Å². The molecule has 1 N–H and O–H groups in total. The van der Waals surface area contributed by atoms with E-state index in [0.29, 0.717) is 22.2 Å². The van der Waals surface area contributed by atoms with Crippen molar-refractivity contribution in [1.82, 2.24) is 4.98 Å². The number of rotatable bonds is 5. The maximum atomic E-state index is 12.6. The molecule has 2 heterocycles. The van der Waals surface area contributed by atoms with Crippen molar-refractivity contribution in [1.29, 1.82) is 0 Å². The molecule has 0 saturated heterocycles. The third kappa shape index (κ3) is 3.83. The zero-order valence-corrected chi connectivity index (χ0v) is 16.5. The number of aromatic nitrogens is 1. The smallest absolute Gasteiger partial charge is 0.257 e. The van der Waals surface area contributed by atoms with Crippen molar-refractivity contribution in [3.05, 3.63) is 83.7 Å². The van der Waals surface area contributed by atoms with Gasteiger partial charge in [-0.05, 0) is 54.6 Å². The lowest BCUT2D eigenvalue weighted by atomic mass is 10.1. The summed E-state index contributed by atoms with van der Waals surface area (Å²) in [6.45, 7) is 0.229. The highest BCUT2D eigenvalue weighted by atomic mass is 32.1. The van der Waals surface area contributed by atoms with Gasteiger partial charge in [-0.1, -0.05) is 18.2 Å². The molecule has 0 aliphatic carbocycles. The van der Waals surface area contributed by atoms with Crippen molar-refractivity contribution in [3.63, 3.8) is 0 Å². The van der Waals surface area contributed by atoms with Gasteiger partial charge in [-0.25, -0.2) is 4.98 Å². The molecule has 0 unspecified atom stereocenters. The summed E-state index contributed by atoms with van der Waals surface area (Å²) in [7, 11) is 0. The predicted octanol–water partition coefficient (Wildman–Crippen LogP) is 5.58. The van der Waals surface area contributed by atoms with Crippen molar-refractivity contribution in [3.8, 4) is 34.3 Å². The third-order valence-electron chi connectivity index (χ3n) is 4.49. The Morgan fingerprint density at radius 2 is 1.70 bits per heavy atom. The van der Waals surface area contributed by atoms with Gasteiger partial charge in [0.05, 0.1) is 5.69 Å². The second kappa shape index (κ2) is 7.88. The number of carbonyl (C=O) groups is 1. The minimum absolute atomic E-state index is 0.229. The number of para-hydroxylation sites is 1. The number of hydrogen-bond acceptors (Lipinski definition) is 6. The van der Waals surface area contributed by atoms with E-state index >= 15 is 0 Å². The van der Waals surface area contributed by atoms with Gasteiger partial charge in [-0.2, -0.15) is 0 Å². The van der Waals surface area contributed by atoms with Crippen LogP contribution >= 0.6 is 11.3 Å². The zero-order chi connectivity index (χ0) is 20.3. The zero-order valence-electron chi connectivity index (χ0n) is 15.7. The van der Waals surface area contributed by atoms with Crippen LogP contribution in [0.3, 0.4) is 0 Å². The fourth-order valence-electron chi connectivity index (χ4n) is 2.99. The van der Waals surface area contributed by atoms with Crippen LogP contribution in [0.5, 0.6) is 23.0 Å². The Morgan fingerprint density at radius 1 is 0.933 bits per heavy atom. The first-order valence-corrected chi connectivity index (χ1v) is 10.1. The second-order valence-corrected chi connectivity index (χ2v) is 7.36. The van der Waals surface area contributed by atoms with Crippen molar-refractivity contribution < 1.29 is 19.0 Å². The van der Waals surface area contributed by atoms with Gasteiger partial charge in [0.2, 0.25) is 6.79 Å². The Morgan fingerprint density at radius 3 is 2.53 bits per heavy atom. The number of benzene rings is 3. The molecule has 3 aromatic carbocycles. The van der Waals surface area contributed by atoms with Gasteiger partial charge in [0.25, 0.3) is 5.91 Å². The van der Waals surface area contributed by atoms with Crippen molar-refractivity contribution in [2.24, 2.45) is 0 Å². The predicted molar refractivity (Wildman–Crippen MR) is 115 cm³/mol. The summed E-state index contributed by atoms with van der Waals surface area (Å²) < 4.78 is 16.5. The van der Waals surface area contributed by atoms with Crippen LogP contribution in [0, 0.1) is 0 Å². The lowest BCUT2D eigenvalue weighted by Crippen LogP contribution is -2.11. The Kier molecular flexibility index (Phi) is 4.78. The van der Waals surface area contributed by atoms with E-state index in [-0.39, 0.29) is 12.7 Å². The number of carbonyl (C=O) groups excluding carboxylic acids is 1. The maximum Gasteiger partial charge on any atom is 0.257 e. The number of ether oxygens (including phenoxy) is 3. The third-order valence-corrected chi connectivity index (χ3v) is 5.25. The molecule has 0 saturated carbocycles. The summed E-state index contributed by atoms with van der Waals surface area (Å²) in [4.78, 5) is 17.1. The topological polar surface area (TPSA) is 69.7 Å². The SMILES string of the molecule is O=C(Nc1nc(-c2ccc3c(c2)OCO3)cs1)c1ccc(Oc2ccccc2)cc1. The quantitative estimate of drug-likeness (QED) is 0.460. The molecule has 5 rings (SSSR count). The number of fused-ring (bicyclic) bond motifs is 1. The van der Waals surface area contributed by atoms with Crippen LogP contribution in [0.2, 0.25) is 0 Å². The summed E-state index contributed by atoms with van der Waals surface area (Å²) in [6, 6.07) is 22.1. The average molecular weight is 416 g/mol. The van der Waals surface area contributed by atoms with Crippen LogP contribution in [0.4, 0.5) is 5.13 Å². The van der Waals surface area contributed by atoms with Crippen LogP contribution in [0.25, 0.3) is 11.3 Å². The molecule has 0 fully saturated rings. The van der Waals surface area contributed by atoms with Crippen LogP contribution in [0.15, 0.2) is 78.2 Å². The summed E-state index contributed by atoms with van der Waals surface area (Å²) in [5, 5.41) is 5.26. The van der Waals surface area contributed by atoms with E-state index in [1.807, 2.05) is 53.9 Å². The summed E-state index contributed by atoms with van der Waals surface area (Å²) in [5.41, 5.74) is 2.19. The van der Waals surface area contributed by atoms with Gasteiger partial charge in [-0.15, -0.1) is 11.3 Å². The van der Waals surface area contributed by atoms with Crippen molar-refractivity contribution in [2.45, 2.75) is 0 Å². The van der Waals surface area contributed by atoms with Crippen molar-refractivity contribution in [2.75, 3.05) is 12.1 Å². The Hall–Kier alpha value is -3.84. The van der Waals surface area contributed by atoms with Gasteiger partial charge in [0, 0.05) is 16.5 Å². The molecule has 7 heteroatoms. The molecule has 0 radical (unpaired) electrons. The fraction of sp³-hybridized carbons (Fsp3) is 0.0435. The molecule has 0 spiro atoms. The standard InChI is InChI=1S/C23H16N2O4S/c26-22(15-6-9-18(10-7-15)29-17-4-2-1-3-5-17)25-23-24-19(13-30-23)16-8-11-20-21(12-16)28-14-27-20/h1-13H,14H2,(H,24,25,26). The van der Waals surface area contributed by atoms with Crippen LogP contribution in [-0.4, -0.2) is 17.7 Å². The number of hydrogen-bond donors (Lipinski definition) is 1. The monoisotopic (exact) mass is 416 g/mol. The lowest BCUT2D eigenvalue weighted by molar-refractivity contribution is 0.102. The molecular formula is C23H16N2O4S. The van der Waals surface area contributed by atoms with E-state index in [1.54, 1.807) is 24.3 Å². The highest BCUT2D eigenvalue weighted by Gasteiger charge is 2.16. The Bertz CT molecular complexity index is 1190. The molecule has 6 nitrogen and oxygen atoms in total. The lowest BCUT2D eigenvalue weighted by Gasteiger charge is -2.06. The first-order valence-electron chi connectivity index (χ1n) is 9.24. The maximum absolute atomic E-state index is 12.6. The highest BCUT2D eigenvalue weighted by molar-refractivity contribution is 7.14. The molecule has 0 bridgehead atoms. The minimum atomic E-state index is -0.229. The molecule has 30 heavy (non-hydrogen) atoms. The van der Waals surface area contributed by atoms with Gasteiger partial charge in [0.1, 0.15) is 11.5 Å². The number of anilines is 1. The van der Waals surface area contributed by atoms with Gasteiger partial charge in [-0.3, -0.25) is 10.1 Å². The van der Waals surface area contributed by atoms with E-state index < -0.39 is 0 Å². The normalized spacial score (nSPS) is 11.9. The van der Waals surface area contributed by atoms with Crippen molar-refractivity contribution >= 4 is 22.4 Å². The van der Waals surface area contributed by atoms with E-state index in [2.05, 4.69) is 10.3 Å². The first kappa shape index (κ1) is 18.2. The molecule has 1 aliphatic heterocycles. The van der Waals surface area contributed by atoms with E-state index in [0.717, 1.165) is 22.8 Å². The molecule has 1 aromatic heterocycles. The molecule has 148 valence electrons. The number of nitrogens with zero attached hydrogens (tertiary/aromatic N) is 1. The number of nitrogens with one attached hydrogen (secondary N) is 1. The van der Waals surface area contributed by atoms with Crippen LogP contribution in [-0.2, 0) is 0 Å². The van der Waals surface area contributed by atoms with Gasteiger partial charge >= 0.3 is 0 Å². The molecule has 1 aliphatic rings. The van der Waals surface area contributed by atoms with E-state index in [9.17, 15) is 4.79 Å². The largest absolute Gasteiger partial charge is 0.457 e. The Labute approximate surface area is 176 Å². The first-order chi connectivity index (χ1) is 14.7. The molecular weight excluding hydrogens is 400 g/mol. The molecule has 0 atom stereocenters. The summed E-state index contributed by atoms with van der Waals surface area (Å²) in [5.74, 6) is 2.60. The summed E-state index contributed by atoms with van der Waals surface area (Å²) in [6.07, 6.45) is 0. The fourth-order valence-corrected chi connectivity index (χ4v) is 3.70. The minimum Gasteiger partial charge on any atom is -0.457 e. The highest BCUT2D eigenvalue weighted by Crippen LogP contribution is 2.36. The Balaban J connectivity index is 1.25. The summed E-state index contributed by atoms with van der Waals surface area (Å²) >= 11 is 1.37. The van der Waals surface area contributed by atoms with Crippen LogP contribution < -0.4 is 19.5 Å². The number of thiazole rings is 1. The van der Waals surface area contributed by atoms with Crippen LogP contribution in [0.1, 0.15) is 10.4 Å². The molecule has 4 aromatic rings. The van der Waals surface area contributed by atoms with Gasteiger partial charge < -0.3 is 14.2 Å². The van der Waals surface area contributed by atoms with E-state index in [1.165, 1.54) is 11.3 Å².